The van der Waals surface area contributed by atoms with Gasteiger partial charge in [0.05, 0.1) is 0 Å². The molecule has 0 spiro atoms. The van der Waals surface area contributed by atoms with Gasteiger partial charge in [0.25, 0.3) is 0 Å². The fourth-order valence-electron chi connectivity index (χ4n) is 2.87. The second kappa shape index (κ2) is 4.36. The molecular formula is C13H24N2O. The normalized spacial score (nSPS) is 27.7. The minimum absolute atomic E-state index is 0.228. The van der Waals surface area contributed by atoms with Gasteiger partial charge in [0, 0.05) is 31.1 Å². The summed E-state index contributed by atoms with van der Waals surface area (Å²) in [6, 6.07) is 0.633. The SMILES string of the molecule is CC(C)(C)C(=O)N1CCCN2CCCC2C1. The molecule has 2 aliphatic heterocycles. The number of carbonyl (C=O) groups excluding carboxylic acids is 1. The number of rotatable bonds is 0. The Morgan fingerprint density at radius 2 is 1.81 bits per heavy atom. The third-order valence-electron chi connectivity index (χ3n) is 3.73. The summed E-state index contributed by atoms with van der Waals surface area (Å²) in [7, 11) is 0. The van der Waals surface area contributed by atoms with Gasteiger partial charge in [0.15, 0.2) is 0 Å². The monoisotopic (exact) mass is 224 g/mol. The number of nitrogens with zero attached hydrogens (tertiary/aromatic N) is 2. The van der Waals surface area contributed by atoms with Crippen molar-refractivity contribution in [2.45, 2.75) is 46.1 Å². The van der Waals surface area contributed by atoms with Gasteiger partial charge >= 0.3 is 0 Å². The molecule has 0 bridgehead atoms. The Labute approximate surface area is 98.8 Å². The maximum atomic E-state index is 12.3. The summed E-state index contributed by atoms with van der Waals surface area (Å²) in [5, 5.41) is 0. The highest BCUT2D eigenvalue weighted by Gasteiger charge is 2.34. The molecule has 0 aromatic carbocycles. The van der Waals surface area contributed by atoms with E-state index in [-0.39, 0.29) is 5.41 Å². The Morgan fingerprint density at radius 1 is 1.12 bits per heavy atom. The molecule has 2 aliphatic rings. The average molecular weight is 224 g/mol. The standard InChI is InChI=1S/C13H24N2O/c1-13(2,3)12(16)15-9-5-8-14-7-4-6-11(14)10-15/h11H,4-10H2,1-3H3. The number of hydrogen-bond donors (Lipinski definition) is 0. The molecule has 92 valence electrons. The van der Waals surface area contributed by atoms with Crippen molar-refractivity contribution in [3.63, 3.8) is 0 Å². The highest BCUT2D eigenvalue weighted by atomic mass is 16.2. The second-order valence-electron chi connectivity index (χ2n) is 6.19. The van der Waals surface area contributed by atoms with E-state index >= 15 is 0 Å². The van der Waals surface area contributed by atoms with E-state index in [0.29, 0.717) is 11.9 Å². The van der Waals surface area contributed by atoms with E-state index in [1.54, 1.807) is 0 Å². The molecule has 0 aromatic rings. The molecule has 0 N–H and O–H groups in total. The van der Waals surface area contributed by atoms with Gasteiger partial charge in [0.2, 0.25) is 5.91 Å². The summed E-state index contributed by atoms with van der Waals surface area (Å²) in [6.07, 6.45) is 3.72. The molecular weight excluding hydrogens is 200 g/mol. The van der Waals surface area contributed by atoms with Gasteiger partial charge in [-0.05, 0) is 25.8 Å². The van der Waals surface area contributed by atoms with Crippen LogP contribution in [0.2, 0.25) is 0 Å². The molecule has 1 amide bonds. The van der Waals surface area contributed by atoms with Crippen molar-refractivity contribution < 1.29 is 4.79 Å². The van der Waals surface area contributed by atoms with Crippen LogP contribution in [0.5, 0.6) is 0 Å². The van der Waals surface area contributed by atoms with Crippen LogP contribution in [0, 0.1) is 5.41 Å². The molecule has 16 heavy (non-hydrogen) atoms. The first-order valence-corrected chi connectivity index (χ1v) is 6.52. The van der Waals surface area contributed by atoms with Crippen molar-refractivity contribution in [1.82, 2.24) is 9.80 Å². The van der Waals surface area contributed by atoms with Crippen LogP contribution >= 0.6 is 0 Å². The van der Waals surface area contributed by atoms with E-state index in [2.05, 4.69) is 9.80 Å². The molecule has 3 nitrogen and oxygen atoms in total. The largest absolute Gasteiger partial charge is 0.341 e. The number of amides is 1. The van der Waals surface area contributed by atoms with Gasteiger partial charge in [-0.2, -0.15) is 0 Å². The minimum atomic E-state index is -0.228. The topological polar surface area (TPSA) is 23.6 Å². The lowest BCUT2D eigenvalue weighted by Crippen LogP contribution is -2.44. The maximum absolute atomic E-state index is 12.3. The molecule has 2 heterocycles. The zero-order chi connectivity index (χ0) is 11.8. The smallest absolute Gasteiger partial charge is 0.228 e. The Kier molecular flexibility index (Phi) is 3.24. The minimum Gasteiger partial charge on any atom is -0.341 e. The van der Waals surface area contributed by atoms with Crippen LogP contribution in [0.3, 0.4) is 0 Å². The zero-order valence-electron chi connectivity index (χ0n) is 10.8. The van der Waals surface area contributed by atoms with Gasteiger partial charge in [-0.15, -0.1) is 0 Å². The van der Waals surface area contributed by atoms with E-state index in [1.165, 1.54) is 25.9 Å². The predicted molar refractivity (Wildman–Crippen MR) is 65.2 cm³/mol. The quantitative estimate of drug-likeness (QED) is 0.625. The molecule has 2 rings (SSSR count). The van der Waals surface area contributed by atoms with Gasteiger partial charge in [0.1, 0.15) is 0 Å². The molecule has 0 aliphatic carbocycles. The fraction of sp³-hybridized carbons (Fsp3) is 0.923. The molecule has 0 aromatic heterocycles. The highest BCUT2D eigenvalue weighted by Crippen LogP contribution is 2.24. The molecule has 2 saturated heterocycles. The molecule has 0 radical (unpaired) electrons. The maximum Gasteiger partial charge on any atom is 0.228 e. The Bertz CT molecular complexity index is 270. The van der Waals surface area contributed by atoms with Crippen LogP contribution in [-0.2, 0) is 4.79 Å². The second-order valence-corrected chi connectivity index (χ2v) is 6.19. The van der Waals surface area contributed by atoms with Crippen LogP contribution in [0.15, 0.2) is 0 Å². The summed E-state index contributed by atoms with van der Waals surface area (Å²) < 4.78 is 0. The lowest BCUT2D eigenvalue weighted by atomic mass is 9.94. The average Bonchev–Trinajstić information content (AvgIpc) is 2.53. The number of hydrogen-bond acceptors (Lipinski definition) is 2. The van der Waals surface area contributed by atoms with Crippen LogP contribution in [0.25, 0.3) is 0 Å². The van der Waals surface area contributed by atoms with Crippen LogP contribution in [0.4, 0.5) is 0 Å². The van der Waals surface area contributed by atoms with Crippen LogP contribution < -0.4 is 0 Å². The van der Waals surface area contributed by atoms with Crippen molar-refractivity contribution >= 4 is 5.91 Å². The van der Waals surface area contributed by atoms with E-state index in [1.807, 2.05) is 20.8 Å². The van der Waals surface area contributed by atoms with E-state index in [9.17, 15) is 4.79 Å². The lowest BCUT2D eigenvalue weighted by molar-refractivity contribution is -0.139. The summed E-state index contributed by atoms with van der Waals surface area (Å²) in [4.78, 5) is 16.9. The lowest BCUT2D eigenvalue weighted by Gasteiger charge is -2.30. The zero-order valence-corrected chi connectivity index (χ0v) is 10.8. The number of carbonyl (C=O) groups is 1. The fourth-order valence-corrected chi connectivity index (χ4v) is 2.87. The predicted octanol–water partition coefficient (Wildman–Crippen LogP) is 1.73. The number of fused-ring (bicyclic) bond motifs is 1. The van der Waals surface area contributed by atoms with E-state index < -0.39 is 0 Å². The molecule has 2 fully saturated rings. The molecule has 1 unspecified atom stereocenters. The summed E-state index contributed by atoms with van der Waals surface area (Å²) in [5.74, 6) is 0.321. The van der Waals surface area contributed by atoms with Crippen molar-refractivity contribution in [2.75, 3.05) is 26.2 Å². The van der Waals surface area contributed by atoms with Crippen molar-refractivity contribution in [3.8, 4) is 0 Å². The van der Waals surface area contributed by atoms with Gasteiger partial charge in [-0.1, -0.05) is 20.8 Å². The third-order valence-corrected chi connectivity index (χ3v) is 3.73. The van der Waals surface area contributed by atoms with Gasteiger partial charge in [-0.25, -0.2) is 0 Å². The summed E-state index contributed by atoms with van der Waals surface area (Å²) in [6.45, 7) is 10.4. The highest BCUT2D eigenvalue weighted by molar-refractivity contribution is 5.81. The third kappa shape index (κ3) is 2.40. The summed E-state index contributed by atoms with van der Waals surface area (Å²) >= 11 is 0. The van der Waals surface area contributed by atoms with E-state index in [0.717, 1.165) is 19.5 Å². The molecule has 3 heteroatoms. The first kappa shape index (κ1) is 11.9. The Hall–Kier alpha value is -0.570. The summed E-state index contributed by atoms with van der Waals surface area (Å²) in [5.41, 5.74) is -0.228. The van der Waals surface area contributed by atoms with Gasteiger partial charge < -0.3 is 4.90 Å². The first-order chi connectivity index (χ1) is 7.48. The van der Waals surface area contributed by atoms with Gasteiger partial charge in [-0.3, -0.25) is 9.69 Å². The van der Waals surface area contributed by atoms with Crippen molar-refractivity contribution in [2.24, 2.45) is 5.41 Å². The van der Waals surface area contributed by atoms with E-state index in [4.69, 9.17) is 0 Å². The van der Waals surface area contributed by atoms with Crippen molar-refractivity contribution in [1.29, 1.82) is 0 Å². The Morgan fingerprint density at radius 3 is 2.50 bits per heavy atom. The first-order valence-electron chi connectivity index (χ1n) is 6.52. The van der Waals surface area contributed by atoms with Crippen LogP contribution in [0.1, 0.15) is 40.0 Å². The van der Waals surface area contributed by atoms with Crippen LogP contribution in [-0.4, -0.2) is 47.9 Å². The Balaban J connectivity index is 2.03. The molecule has 1 atom stereocenters. The molecule has 0 saturated carbocycles. The van der Waals surface area contributed by atoms with Crippen molar-refractivity contribution in [3.05, 3.63) is 0 Å².